The second-order valence-electron chi connectivity index (χ2n) is 14.7. The summed E-state index contributed by atoms with van der Waals surface area (Å²) in [7, 11) is -25.9. The van der Waals surface area contributed by atoms with Gasteiger partial charge in [0.15, 0.2) is 16.2 Å². The smallest absolute Gasteiger partial charge is 0.340 e. The van der Waals surface area contributed by atoms with E-state index in [1.807, 2.05) is 57.2 Å². The van der Waals surface area contributed by atoms with Crippen LogP contribution in [0.1, 0.15) is 16.7 Å². The largest absolute Gasteiger partial charge is 0.344 e. The van der Waals surface area contributed by atoms with E-state index in [1.165, 1.54) is 32.7 Å². The summed E-state index contributed by atoms with van der Waals surface area (Å²) in [6, 6.07) is 16.4. The van der Waals surface area contributed by atoms with Crippen molar-refractivity contribution in [3.8, 4) is 0 Å². The van der Waals surface area contributed by atoms with Crippen molar-refractivity contribution >= 4 is 78.0 Å². The molecule has 6 atom stereocenters. The molecule has 0 fully saturated rings. The normalized spacial score (nSPS) is 17.1. The summed E-state index contributed by atoms with van der Waals surface area (Å²) < 4.78 is 74.0. The molecule has 21 nitrogen and oxygen atoms in total. The van der Waals surface area contributed by atoms with Crippen LogP contribution < -0.4 is 0 Å². The van der Waals surface area contributed by atoms with Gasteiger partial charge in [-0.3, -0.25) is 27.4 Å². The van der Waals surface area contributed by atoms with Crippen LogP contribution in [0, 0.1) is 20.8 Å². The molecular formula is C33H48N6O15P6. The van der Waals surface area contributed by atoms with E-state index in [9.17, 15) is 71.4 Å². The highest BCUT2D eigenvalue weighted by Crippen LogP contribution is 2.62. The standard InChI is InChI=1S/3C11H16N2O5P2/c1-8-3-4-10-9(5-8)12-7-13(10)6-11(19(2,14)15)20(16,17)18;1-8-3-4-9-10(5-8)13(7-12-9)6-11(19(2,14)15)20(16,17)18;1-8-4-3-5-9-11(8)13(7-12-9)6-10(19(2,14)15)20(16,17)18/h2*3-5,7,11H,6H2,1-2H3,(H,14,15)(H2,16,17,18);3-5,7,10H,6H2,1-2H3,(H,14,15)(H2,16,17,18). The predicted molar refractivity (Wildman–Crippen MR) is 228 cm³/mol. The highest BCUT2D eigenvalue weighted by Gasteiger charge is 2.43. The Bertz CT molecular complexity index is 2720. The van der Waals surface area contributed by atoms with Gasteiger partial charge < -0.3 is 57.7 Å². The van der Waals surface area contributed by atoms with Crippen LogP contribution in [0.25, 0.3) is 33.1 Å². The maximum absolute atomic E-state index is 11.7. The summed E-state index contributed by atoms with van der Waals surface area (Å²) in [5, 5.41) is -4.89. The first-order valence-electron chi connectivity index (χ1n) is 17.6. The van der Waals surface area contributed by atoms with Gasteiger partial charge in [-0.25, -0.2) is 15.0 Å². The van der Waals surface area contributed by atoms with Crippen LogP contribution in [0.2, 0.25) is 0 Å². The van der Waals surface area contributed by atoms with E-state index in [0.29, 0.717) is 33.1 Å². The van der Waals surface area contributed by atoms with Gasteiger partial charge in [0.05, 0.1) is 52.1 Å². The van der Waals surface area contributed by atoms with Gasteiger partial charge in [-0.05, 0) is 67.8 Å². The van der Waals surface area contributed by atoms with Gasteiger partial charge in [0.25, 0.3) is 0 Å². The lowest BCUT2D eigenvalue weighted by atomic mass is 10.2. The molecule has 0 aliphatic rings. The van der Waals surface area contributed by atoms with Crippen molar-refractivity contribution in [1.29, 1.82) is 0 Å². The number of hydrogen-bond donors (Lipinski definition) is 9. The lowest BCUT2D eigenvalue weighted by molar-refractivity contribution is 0.355. The summed E-state index contributed by atoms with van der Waals surface area (Å²) in [6.07, 6.45) is 4.26. The zero-order valence-electron chi connectivity index (χ0n) is 33.1. The quantitative estimate of drug-likeness (QED) is 0.0707. The molecule has 9 N–H and O–H groups in total. The van der Waals surface area contributed by atoms with E-state index < -0.39 is 61.1 Å². The van der Waals surface area contributed by atoms with Gasteiger partial charge in [-0.15, -0.1) is 0 Å². The zero-order valence-corrected chi connectivity index (χ0v) is 38.5. The van der Waals surface area contributed by atoms with Gasteiger partial charge in [0, 0.05) is 39.6 Å². The summed E-state index contributed by atoms with van der Waals surface area (Å²) in [5.74, 6) is 0. The Balaban J connectivity index is 0.000000198. The fourth-order valence-corrected chi connectivity index (χ4v) is 15.5. The third-order valence-electron chi connectivity index (χ3n) is 9.30. The Labute approximate surface area is 344 Å². The fourth-order valence-electron chi connectivity index (χ4n) is 6.22. The molecule has 0 aliphatic carbocycles. The van der Waals surface area contributed by atoms with Crippen LogP contribution in [0.4, 0.5) is 0 Å². The molecule has 0 saturated carbocycles. The molecule has 60 heavy (non-hydrogen) atoms. The van der Waals surface area contributed by atoms with Crippen LogP contribution in [0.5, 0.6) is 0 Å². The zero-order chi connectivity index (χ0) is 45.4. The number of aromatic nitrogens is 6. The van der Waals surface area contributed by atoms with E-state index in [-0.39, 0.29) is 19.6 Å². The van der Waals surface area contributed by atoms with Crippen molar-refractivity contribution in [1.82, 2.24) is 28.7 Å². The van der Waals surface area contributed by atoms with Crippen LogP contribution in [0.15, 0.2) is 73.6 Å². The predicted octanol–water partition coefficient (Wildman–Crippen LogP) is 5.25. The molecule has 6 aromatic rings. The average molecular weight is 955 g/mol. The van der Waals surface area contributed by atoms with Crippen molar-refractivity contribution in [2.24, 2.45) is 0 Å². The van der Waals surface area contributed by atoms with Crippen molar-refractivity contribution in [2.45, 2.75) is 56.6 Å². The van der Waals surface area contributed by atoms with Crippen LogP contribution in [-0.2, 0) is 47.0 Å². The van der Waals surface area contributed by atoms with Crippen LogP contribution in [0.3, 0.4) is 0 Å². The van der Waals surface area contributed by atoms with Gasteiger partial charge in [0.2, 0.25) is 22.1 Å². The molecule has 3 aromatic carbocycles. The second kappa shape index (κ2) is 18.4. The maximum atomic E-state index is 11.7. The highest BCUT2D eigenvalue weighted by atomic mass is 31.2. The van der Waals surface area contributed by atoms with Gasteiger partial charge >= 0.3 is 22.8 Å². The van der Waals surface area contributed by atoms with Gasteiger partial charge in [-0.1, -0.05) is 24.3 Å². The molecule has 0 spiro atoms. The Morgan fingerprint density at radius 3 is 1.37 bits per heavy atom. The number of benzene rings is 3. The Kier molecular flexibility index (Phi) is 15.3. The first-order chi connectivity index (χ1) is 27.3. The number of hydrogen-bond acceptors (Lipinski definition) is 9. The minimum Gasteiger partial charge on any atom is -0.344 e. The summed E-state index contributed by atoms with van der Waals surface area (Å²) >= 11 is 0. The number of fused-ring (bicyclic) bond motifs is 3. The molecule has 27 heteroatoms. The molecule has 0 saturated heterocycles. The molecule has 0 bridgehead atoms. The lowest BCUT2D eigenvalue weighted by Crippen LogP contribution is -2.16. The molecule has 0 radical (unpaired) electrons. The van der Waals surface area contributed by atoms with Crippen LogP contribution in [-0.4, -0.2) is 109 Å². The Morgan fingerprint density at radius 2 is 0.883 bits per heavy atom. The number of imidazole rings is 3. The molecular weight excluding hydrogens is 906 g/mol. The number of para-hydroxylation sites is 1. The molecule has 3 heterocycles. The highest BCUT2D eigenvalue weighted by molar-refractivity contribution is 7.74. The SMILES string of the molecule is Cc1ccc2c(c1)ncn2CC(P(C)(=O)O)P(=O)(O)O.Cc1ccc2ncn(CC(P(C)(=O)O)P(=O)(O)O)c2c1.Cc1cccc2ncn(CC(P(C)(=O)O)P(=O)(O)O)c12. The molecule has 6 unspecified atom stereocenters. The van der Waals surface area contributed by atoms with Crippen LogP contribution >= 0.6 is 44.9 Å². The second-order valence-corrected chi connectivity index (χ2v) is 28.8. The van der Waals surface area contributed by atoms with Crippen molar-refractivity contribution in [3.05, 3.63) is 90.3 Å². The summed E-state index contributed by atoms with van der Waals surface area (Å²) in [4.78, 5) is 96.8. The molecule has 6 rings (SSSR count). The van der Waals surface area contributed by atoms with E-state index >= 15 is 0 Å². The van der Waals surface area contributed by atoms with E-state index in [0.717, 1.165) is 36.7 Å². The van der Waals surface area contributed by atoms with Gasteiger partial charge in [-0.2, -0.15) is 0 Å². The van der Waals surface area contributed by atoms with Crippen molar-refractivity contribution < 1.29 is 71.4 Å². The van der Waals surface area contributed by atoms with Gasteiger partial charge in [0.1, 0.15) is 0 Å². The number of rotatable bonds is 12. The topological polar surface area (TPSA) is 338 Å². The fraction of sp³-hybridized carbons (Fsp3) is 0.364. The Hall–Kier alpha value is -2.91. The first kappa shape index (κ1) is 49.7. The maximum Gasteiger partial charge on any atom is 0.340 e. The van der Waals surface area contributed by atoms with E-state index in [1.54, 1.807) is 18.2 Å². The van der Waals surface area contributed by atoms with Crippen molar-refractivity contribution in [3.63, 3.8) is 0 Å². The number of nitrogens with zero attached hydrogens (tertiary/aromatic N) is 6. The van der Waals surface area contributed by atoms with E-state index in [2.05, 4.69) is 15.0 Å². The minimum atomic E-state index is -4.69. The molecule has 330 valence electrons. The van der Waals surface area contributed by atoms with E-state index in [4.69, 9.17) is 0 Å². The summed E-state index contributed by atoms with van der Waals surface area (Å²) in [6.45, 7) is 7.75. The minimum absolute atomic E-state index is 0.254. The molecule has 0 aliphatic heterocycles. The first-order valence-corrected chi connectivity index (χ1v) is 29.1. The molecule has 0 amide bonds. The third kappa shape index (κ3) is 12.8. The average Bonchev–Trinajstić information content (AvgIpc) is 3.79. The third-order valence-corrected chi connectivity index (χ3v) is 22.5. The summed E-state index contributed by atoms with van der Waals surface area (Å²) in [5.41, 5.74) is 6.95. The molecule has 3 aromatic heterocycles. The van der Waals surface area contributed by atoms with Crippen molar-refractivity contribution in [2.75, 3.05) is 20.0 Å². The number of aryl methyl sites for hydroxylation is 3. The lowest BCUT2D eigenvalue weighted by Gasteiger charge is -2.22. The monoisotopic (exact) mass is 954 g/mol. The Morgan fingerprint density at radius 1 is 0.483 bits per heavy atom.